The minimum Gasteiger partial charge on any atom is -0.382 e. The molecule has 1 saturated carbocycles. The molecule has 3 rings (SSSR count). The number of carbonyl (C=O) groups is 1. The van der Waals surface area contributed by atoms with Crippen LogP contribution in [0.25, 0.3) is 0 Å². The summed E-state index contributed by atoms with van der Waals surface area (Å²) < 4.78 is 0. The van der Waals surface area contributed by atoms with Crippen molar-refractivity contribution in [3.63, 3.8) is 0 Å². The summed E-state index contributed by atoms with van der Waals surface area (Å²) in [7, 11) is 0. The molecule has 1 atom stereocenters. The molecule has 21 heavy (non-hydrogen) atoms. The quantitative estimate of drug-likeness (QED) is 0.789. The molecular formula is C14H18N4OS2. The minimum absolute atomic E-state index is 0.0340. The van der Waals surface area contributed by atoms with Crippen molar-refractivity contribution < 1.29 is 4.79 Å². The van der Waals surface area contributed by atoms with Crippen molar-refractivity contribution in [2.75, 3.05) is 11.1 Å². The van der Waals surface area contributed by atoms with E-state index in [0.29, 0.717) is 16.7 Å². The molecule has 0 spiro atoms. The van der Waals surface area contributed by atoms with Crippen LogP contribution in [0.5, 0.6) is 0 Å². The highest BCUT2D eigenvalue weighted by molar-refractivity contribution is 7.18. The third kappa shape index (κ3) is 3.19. The first-order chi connectivity index (χ1) is 10.1. The monoisotopic (exact) mass is 322 g/mol. The maximum atomic E-state index is 12.3. The van der Waals surface area contributed by atoms with Gasteiger partial charge in [-0.25, -0.2) is 4.98 Å². The highest BCUT2D eigenvalue weighted by Gasteiger charge is 2.22. The second-order valence-electron chi connectivity index (χ2n) is 5.26. The van der Waals surface area contributed by atoms with Gasteiger partial charge in [-0.2, -0.15) is 11.3 Å². The smallest absolute Gasteiger partial charge is 0.265 e. The number of hydrogen-bond donors (Lipinski definition) is 3. The van der Waals surface area contributed by atoms with Crippen LogP contribution in [0.3, 0.4) is 0 Å². The van der Waals surface area contributed by atoms with Gasteiger partial charge in [0, 0.05) is 6.04 Å². The Balaban J connectivity index is 1.66. The van der Waals surface area contributed by atoms with E-state index in [-0.39, 0.29) is 11.9 Å². The SMILES string of the molecule is CC(NC(=O)c1sc(NC2CCC2)nc1N)c1ccsc1. The number of nitrogen functional groups attached to an aromatic ring is 1. The van der Waals surface area contributed by atoms with Crippen LogP contribution in [0.15, 0.2) is 16.8 Å². The zero-order valence-corrected chi connectivity index (χ0v) is 13.4. The number of aromatic nitrogens is 1. The fraction of sp³-hybridized carbons (Fsp3) is 0.429. The molecule has 1 unspecified atom stereocenters. The van der Waals surface area contributed by atoms with Gasteiger partial charge in [0.05, 0.1) is 6.04 Å². The Labute approximate surface area is 131 Å². The third-order valence-corrected chi connectivity index (χ3v) is 5.39. The molecule has 0 bridgehead atoms. The lowest BCUT2D eigenvalue weighted by atomic mass is 9.93. The molecule has 1 aliphatic carbocycles. The van der Waals surface area contributed by atoms with Gasteiger partial charge >= 0.3 is 0 Å². The van der Waals surface area contributed by atoms with Crippen molar-refractivity contribution in [3.8, 4) is 0 Å². The largest absolute Gasteiger partial charge is 0.382 e. The number of thiazole rings is 1. The van der Waals surface area contributed by atoms with Crippen molar-refractivity contribution in [1.29, 1.82) is 0 Å². The van der Waals surface area contributed by atoms with Gasteiger partial charge in [0.15, 0.2) is 5.13 Å². The first-order valence-electron chi connectivity index (χ1n) is 6.99. The molecule has 4 N–H and O–H groups in total. The van der Waals surface area contributed by atoms with Gasteiger partial charge in [0.25, 0.3) is 5.91 Å². The Kier molecular flexibility index (Phi) is 4.12. The fourth-order valence-corrected chi connectivity index (χ4v) is 3.77. The Morgan fingerprint density at radius 2 is 2.33 bits per heavy atom. The first-order valence-corrected chi connectivity index (χ1v) is 8.75. The zero-order chi connectivity index (χ0) is 14.8. The van der Waals surface area contributed by atoms with Crippen LogP contribution in [0.2, 0.25) is 0 Å². The molecule has 1 fully saturated rings. The summed E-state index contributed by atoms with van der Waals surface area (Å²) in [5.41, 5.74) is 6.97. The van der Waals surface area contributed by atoms with Gasteiger partial charge < -0.3 is 16.4 Å². The normalized spacial score (nSPS) is 16.2. The van der Waals surface area contributed by atoms with Crippen molar-refractivity contribution in [1.82, 2.24) is 10.3 Å². The summed E-state index contributed by atoms with van der Waals surface area (Å²) >= 11 is 2.95. The van der Waals surface area contributed by atoms with E-state index >= 15 is 0 Å². The lowest BCUT2D eigenvalue weighted by molar-refractivity contribution is 0.0944. The number of hydrogen-bond acceptors (Lipinski definition) is 6. The Bertz CT molecular complexity index is 619. The van der Waals surface area contributed by atoms with Gasteiger partial charge in [-0.1, -0.05) is 11.3 Å². The molecular weight excluding hydrogens is 304 g/mol. The second kappa shape index (κ2) is 6.03. The van der Waals surface area contributed by atoms with Gasteiger partial charge in [0.2, 0.25) is 0 Å². The molecule has 0 aliphatic heterocycles. The van der Waals surface area contributed by atoms with Crippen LogP contribution < -0.4 is 16.4 Å². The fourth-order valence-electron chi connectivity index (χ4n) is 2.15. The number of nitrogens with one attached hydrogen (secondary N) is 2. The highest BCUT2D eigenvalue weighted by atomic mass is 32.1. The van der Waals surface area contributed by atoms with Crippen LogP contribution in [0, 0.1) is 0 Å². The van der Waals surface area contributed by atoms with E-state index in [2.05, 4.69) is 15.6 Å². The standard InChI is InChI=1S/C14H18N4OS2/c1-8(9-5-6-20-7-9)16-13(19)11-12(15)18-14(21-11)17-10-3-2-4-10/h5-8,10H,2-4,15H2,1H3,(H,16,19)(H,17,18). The van der Waals surface area contributed by atoms with Crippen LogP contribution in [0.1, 0.15) is 47.5 Å². The Hall–Kier alpha value is -1.60. The number of nitrogens with zero attached hydrogens (tertiary/aromatic N) is 1. The molecule has 2 aromatic heterocycles. The molecule has 2 heterocycles. The Morgan fingerprint density at radius 3 is 2.95 bits per heavy atom. The number of amides is 1. The number of thiophene rings is 1. The number of anilines is 2. The Morgan fingerprint density at radius 1 is 1.52 bits per heavy atom. The summed E-state index contributed by atoms with van der Waals surface area (Å²) in [5.74, 6) is 0.141. The van der Waals surface area contributed by atoms with Crippen LogP contribution in [-0.2, 0) is 0 Å². The van der Waals surface area contributed by atoms with E-state index in [1.807, 2.05) is 23.8 Å². The molecule has 0 saturated heterocycles. The van der Waals surface area contributed by atoms with Crippen LogP contribution in [-0.4, -0.2) is 16.9 Å². The maximum Gasteiger partial charge on any atom is 0.265 e. The molecule has 2 aromatic rings. The lowest BCUT2D eigenvalue weighted by Crippen LogP contribution is -2.26. The first kappa shape index (κ1) is 14.3. The van der Waals surface area contributed by atoms with Gasteiger partial charge in [0.1, 0.15) is 10.7 Å². The molecule has 112 valence electrons. The lowest BCUT2D eigenvalue weighted by Gasteiger charge is -2.25. The molecule has 1 amide bonds. The van der Waals surface area contributed by atoms with E-state index in [9.17, 15) is 4.79 Å². The topological polar surface area (TPSA) is 80.0 Å². The van der Waals surface area contributed by atoms with Crippen molar-refractivity contribution in [2.45, 2.75) is 38.3 Å². The number of rotatable bonds is 5. The predicted octanol–water partition coefficient (Wildman–Crippen LogP) is 3.24. The maximum absolute atomic E-state index is 12.3. The van der Waals surface area contributed by atoms with Crippen LogP contribution >= 0.6 is 22.7 Å². The molecule has 5 nitrogen and oxygen atoms in total. The van der Waals surface area contributed by atoms with Gasteiger partial charge in [-0.3, -0.25) is 4.79 Å². The van der Waals surface area contributed by atoms with E-state index < -0.39 is 0 Å². The van der Waals surface area contributed by atoms with E-state index in [4.69, 9.17) is 5.73 Å². The van der Waals surface area contributed by atoms with Crippen molar-refractivity contribution in [2.24, 2.45) is 0 Å². The highest BCUT2D eigenvalue weighted by Crippen LogP contribution is 2.30. The molecule has 0 aromatic carbocycles. The second-order valence-corrected chi connectivity index (χ2v) is 7.04. The molecule has 0 radical (unpaired) electrons. The van der Waals surface area contributed by atoms with E-state index in [0.717, 1.165) is 23.5 Å². The van der Waals surface area contributed by atoms with Crippen molar-refractivity contribution >= 4 is 39.5 Å². The predicted molar refractivity (Wildman–Crippen MR) is 88.0 cm³/mol. The summed E-state index contributed by atoms with van der Waals surface area (Å²) in [6.45, 7) is 1.96. The number of carbonyl (C=O) groups excluding carboxylic acids is 1. The molecule has 1 aliphatic rings. The summed E-state index contributed by atoms with van der Waals surface area (Å²) in [6, 6.07) is 2.46. The van der Waals surface area contributed by atoms with E-state index in [1.54, 1.807) is 11.3 Å². The van der Waals surface area contributed by atoms with Crippen molar-refractivity contribution in [3.05, 3.63) is 27.3 Å². The minimum atomic E-state index is -0.162. The van der Waals surface area contributed by atoms with Gasteiger partial charge in [-0.15, -0.1) is 0 Å². The summed E-state index contributed by atoms with van der Waals surface area (Å²) in [6.07, 6.45) is 3.58. The number of nitrogens with two attached hydrogens (primary N) is 1. The van der Waals surface area contributed by atoms with Crippen LogP contribution in [0.4, 0.5) is 10.9 Å². The van der Waals surface area contributed by atoms with Gasteiger partial charge in [-0.05, 0) is 48.6 Å². The average molecular weight is 322 g/mol. The zero-order valence-electron chi connectivity index (χ0n) is 11.8. The summed E-state index contributed by atoms with van der Waals surface area (Å²) in [5, 5.41) is 11.1. The van der Waals surface area contributed by atoms with E-state index in [1.165, 1.54) is 17.8 Å². The third-order valence-electron chi connectivity index (χ3n) is 3.68. The average Bonchev–Trinajstić information content (AvgIpc) is 3.03. The summed E-state index contributed by atoms with van der Waals surface area (Å²) in [4.78, 5) is 17.0. The molecule has 7 heteroatoms.